The maximum Gasteiger partial charge on any atom is 0.123 e. The molecule has 0 spiro atoms. The highest BCUT2D eigenvalue weighted by Crippen LogP contribution is 2.10. The third-order valence-electron chi connectivity index (χ3n) is 3.21. The highest BCUT2D eigenvalue weighted by Gasteiger charge is 1.91. The Kier molecular flexibility index (Phi) is 8.99. The molecule has 19 heavy (non-hydrogen) atoms. The van der Waals surface area contributed by atoms with E-state index in [0.717, 1.165) is 24.8 Å². The molecule has 0 bridgehead atoms. The van der Waals surface area contributed by atoms with E-state index in [0.29, 0.717) is 6.61 Å². The molecular formula is C17H25FO. The van der Waals surface area contributed by atoms with E-state index < -0.39 is 0 Å². The Morgan fingerprint density at radius 1 is 0.842 bits per heavy atom. The molecule has 1 nitrogen and oxygen atoms in total. The van der Waals surface area contributed by atoms with Crippen LogP contribution < -0.4 is 0 Å². The summed E-state index contributed by atoms with van der Waals surface area (Å²) in [6.45, 7) is 0.328. The number of aliphatic hydroxyl groups is 1. The highest BCUT2D eigenvalue weighted by atomic mass is 19.1. The first-order valence-corrected chi connectivity index (χ1v) is 7.36. The minimum absolute atomic E-state index is 0.182. The first-order chi connectivity index (χ1) is 9.33. The lowest BCUT2D eigenvalue weighted by Crippen LogP contribution is -1.83. The molecule has 0 aliphatic carbocycles. The number of unbranched alkanes of at least 4 members (excludes halogenated alkanes) is 7. The lowest BCUT2D eigenvalue weighted by Gasteiger charge is -1.99. The van der Waals surface area contributed by atoms with Gasteiger partial charge in [0.25, 0.3) is 0 Å². The van der Waals surface area contributed by atoms with Crippen LogP contribution in [0.15, 0.2) is 30.3 Å². The quantitative estimate of drug-likeness (QED) is 0.593. The molecule has 1 aromatic carbocycles. The zero-order valence-corrected chi connectivity index (χ0v) is 11.7. The fraction of sp³-hybridized carbons (Fsp3) is 0.529. The van der Waals surface area contributed by atoms with Gasteiger partial charge in [-0.1, -0.05) is 56.4 Å². The van der Waals surface area contributed by atoms with E-state index in [1.807, 2.05) is 0 Å². The van der Waals surface area contributed by atoms with Crippen molar-refractivity contribution >= 4 is 6.08 Å². The van der Waals surface area contributed by atoms with Gasteiger partial charge >= 0.3 is 0 Å². The van der Waals surface area contributed by atoms with Crippen molar-refractivity contribution in [3.05, 3.63) is 41.7 Å². The van der Waals surface area contributed by atoms with Crippen molar-refractivity contribution in [2.75, 3.05) is 6.61 Å². The minimum Gasteiger partial charge on any atom is -0.396 e. The molecule has 0 heterocycles. The summed E-state index contributed by atoms with van der Waals surface area (Å²) >= 11 is 0. The minimum atomic E-state index is -0.182. The van der Waals surface area contributed by atoms with Crippen molar-refractivity contribution in [1.29, 1.82) is 0 Å². The van der Waals surface area contributed by atoms with Crippen LogP contribution in [0, 0.1) is 5.82 Å². The Balaban J connectivity index is 1.97. The van der Waals surface area contributed by atoms with Crippen LogP contribution in [0.25, 0.3) is 6.08 Å². The monoisotopic (exact) mass is 264 g/mol. The van der Waals surface area contributed by atoms with Gasteiger partial charge < -0.3 is 5.11 Å². The van der Waals surface area contributed by atoms with Gasteiger partial charge in [0.2, 0.25) is 0 Å². The SMILES string of the molecule is OCCCCCCCCC/C=C/c1ccc(F)cc1. The zero-order valence-electron chi connectivity index (χ0n) is 11.7. The van der Waals surface area contributed by atoms with E-state index in [4.69, 9.17) is 5.11 Å². The number of allylic oxidation sites excluding steroid dienone is 1. The van der Waals surface area contributed by atoms with Gasteiger partial charge in [0.05, 0.1) is 0 Å². The molecule has 106 valence electrons. The number of hydrogen-bond donors (Lipinski definition) is 1. The van der Waals surface area contributed by atoms with Crippen molar-refractivity contribution in [3.8, 4) is 0 Å². The normalized spacial score (nSPS) is 11.3. The summed E-state index contributed by atoms with van der Waals surface area (Å²) in [6.07, 6.45) is 13.7. The third-order valence-corrected chi connectivity index (χ3v) is 3.21. The summed E-state index contributed by atoms with van der Waals surface area (Å²) in [7, 11) is 0. The second-order valence-electron chi connectivity index (χ2n) is 4.94. The standard InChI is InChI=1S/C17H25FO/c18-17-13-11-16(12-14-17)10-8-6-4-2-1-3-5-7-9-15-19/h8,10-14,19H,1-7,9,15H2/b10-8+. The third kappa shape index (κ3) is 8.55. The van der Waals surface area contributed by atoms with Crippen LogP contribution in [0.5, 0.6) is 0 Å². The second-order valence-corrected chi connectivity index (χ2v) is 4.94. The molecule has 0 atom stereocenters. The van der Waals surface area contributed by atoms with Crippen LogP contribution in [-0.4, -0.2) is 11.7 Å². The summed E-state index contributed by atoms with van der Waals surface area (Å²) in [4.78, 5) is 0. The van der Waals surface area contributed by atoms with Crippen LogP contribution in [0.2, 0.25) is 0 Å². The van der Waals surface area contributed by atoms with Crippen LogP contribution in [0.1, 0.15) is 56.9 Å². The fourth-order valence-electron chi connectivity index (χ4n) is 2.05. The predicted molar refractivity (Wildman–Crippen MR) is 79.5 cm³/mol. The van der Waals surface area contributed by atoms with Gasteiger partial charge in [-0.15, -0.1) is 0 Å². The van der Waals surface area contributed by atoms with E-state index in [9.17, 15) is 4.39 Å². The average Bonchev–Trinajstić information content (AvgIpc) is 2.43. The summed E-state index contributed by atoms with van der Waals surface area (Å²) < 4.78 is 12.7. The molecule has 0 aromatic heterocycles. The molecule has 2 heteroatoms. The summed E-state index contributed by atoms with van der Waals surface area (Å²) in [5.74, 6) is -0.182. The molecule has 0 unspecified atom stereocenters. The van der Waals surface area contributed by atoms with E-state index in [2.05, 4.69) is 12.2 Å². The number of halogens is 1. The number of hydrogen-bond acceptors (Lipinski definition) is 1. The summed E-state index contributed by atoms with van der Waals surface area (Å²) in [5.41, 5.74) is 1.06. The molecular weight excluding hydrogens is 239 g/mol. The van der Waals surface area contributed by atoms with Crippen LogP contribution >= 0.6 is 0 Å². The van der Waals surface area contributed by atoms with Crippen molar-refractivity contribution < 1.29 is 9.50 Å². The molecule has 0 amide bonds. The Bertz CT molecular complexity index is 343. The molecule has 1 aromatic rings. The Labute approximate surface area is 116 Å². The van der Waals surface area contributed by atoms with Crippen LogP contribution in [-0.2, 0) is 0 Å². The first kappa shape index (κ1) is 15.9. The van der Waals surface area contributed by atoms with Gasteiger partial charge in [0.1, 0.15) is 5.82 Å². The predicted octanol–water partition coefficient (Wildman–Crippen LogP) is 4.95. The number of aliphatic hydroxyl groups excluding tert-OH is 1. The molecule has 0 radical (unpaired) electrons. The topological polar surface area (TPSA) is 20.2 Å². The van der Waals surface area contributed by atoms with Gasteiger partial charge in [-0.05, 0) is 37.0 Å². The molecule has 0 fully saturated rings. The Morgan fingerprint density at radius 2 is 1.42 bits per heavy atom. The zero-order chi connectivity index (χ0) is 13.8. The average molecular weight is 264 g/mol. The van der Waals surface area contributed by atoms with Crippen molar-refractivity contribution in [3.63, 3.8) is 0 Å². The molecule has 0 saturated heterocycles. The molecule has 1 N–H and O–H groups in total. The molecule has 0 aliphatic heterocycles. The van der Waals surface area contributed by atoms with Gasteiger partial charge in [-0.25, -0.2) is 4.39 Å². The smallest absolute Gasteiger partial charge is 0.123 e. The lowest BCUT2D eigenvalue weighted by molar-refractivity contribution is 0.282. The van der Waals surface area contributed by atoms with Gasteiger partial charge in [-0.3, -0.25) is 0 Å². The van der Waals surface area contributed by atoms with Crippen LogP contribution in [0.3, 0.4) is 0 Å². The lowest BCUT2D eigenvalue weighted by atomic mass is 10.1. The van der Waals surface area contributed by atoms with Gasteiger partial charge in [-0.2, -0.15) is 0 Å². The Morgan fingerprint density at radius 3 is 2.05 bits per heavy atom. The van der Waals surface area contributed by atoms with Crippen molar-refractivity contribution in [2.45, 2.75) is 51.4 Å². The van der Waals surface area contributed by atoms with E-state index >= 15 is 0 Å². The Hall–Kier alpha value is -1.15. The van der Waals surface area contributed by atoms with E-state index in [1.165, 1.54) is 44.2 Å². The maximum atomic E-state index is 12.7. The van der Waals surface area contributed by atoms with E-state index in [-0.39, 0.29) is 5.82 Å². The summed E-state index contributed by atoms with van der Waals surface area (Å²) in [6, 6.07) is 6.58. The number of rotatable bonds is 10. The first-order valence-electron chi connectivity index (χ1n) is 7.36. The maximum absolute atomic E-state index is 12.7. The van der Waals surface area contributed by atoms with Gasteiger partial charge in [0.15, 0.2) is 0 Å². The molecule has 0 aliphatic rings. The van der Waals surface area contributed by atoms with E-state index in [1.54, 1.807) is 12.1 Å². The van der Waals surface area contributed by atoms with Crippen molar-refractivity contribution in [2.24, 2.45) is 0 Å². The molecule has 1 rings (SSSR count). The largest absolute Gasteiger partial charge is 0.396 e. The fourth-order valence-corrected chi connectivity index (χ4v) is 2.05. The summed E-state index contributed by atoms with van der Waals surface area (Å²) in [5, 5.41) is 8.65. The second kappa shape index (κ2) is 10.7. The molecule has 0 saturated carbocycles. The number of benzene rings is 1. The highest BCUT2D eigenvalue weighted by molar-refractivity contribution is 5.48. The van der Waals surface area contributed by atoms with Crippen molar-refractivity contribution in [1.82, 2.24) is 0 Å². The van der Waals surface area contributed by atoms with Crippen LogP contribution in [0.4, 0.5) is 4.39 Å². The van der Waals surface area contributed by atoms with Gasteiger partial charge in [0, 0.05) is 6.61 Å².